The SMILES string of the molecule is CC(C)(C)OC(=O)NC1CCOc2c(C(=O)N[C@@H](Cc3ccc(F)cc3)C(N)=O)cccc21. The molecule has 0 bridgehead atoms. The van der Waals surface area contributed by atoms with Gasteiger partial charge in [0.2, 0.25) is 5.91 Å². The highest BCUT2D eigenvalue weighted by Crippen LogP contribution is 2.35. The van der Waals surface area contributed by atoms with Crippen LogP contribution in [-0.4, -0.2) is 36.2 Å². The number of para-hydroxylation sites is 1. The highest BCUT2D eigenvalue weighted by Gasteiger charge is 2.30. The van der Waals surface area contributed by atoms with Gasteiger partial charge in [-0.2, -0.15) is 0 Å². The number of fused-ring (bicyclic) bond motifs is 1. The highest BCUT2D eigenvalue weighted by molar-refractivity contribution is 6.00. The molecular formula is C24H28FN3O5. The largest absolute Gasteiger partial charge is 0.492 e. The number of carbonyl (C=O) groups excluding carboxylic acids is 3. The van der Waals surface area contributed by atoms with Crippen molar-refractivity contribution in [1.82, 2.24) is 10.6 Å². The summed E-state index contributed by atoms with van der Waals surface area (Å²) in [4.78, 5) is 37.2. The lowest BCUT2D eigenvalue weighted by Gasteiger charge is -2.29. The molecule has 0 fully saturated rings. The minimum absolute atomic E-state index is 0.111. The van der Waals surface area contributed by atoms with Crippen LogP contribution in [0.3, 0.4) is 0 Å². The topological polar surface area (TPSA) is 120 Å². The third-order valence-electron chi connectivity index (χ3n) is 5.01. The standard InChI is InChI=1S/C24H28FN3O5/c1-24(2,3)33-23(31)28-18-11-12-32-20-16(18)5-4-6-17(20)22(30)27-19(21(26)29)13-14-7-9-15(25)10-8-14/h4-10,18-19H,11-13H2,1-3H3,(H2,26,29)(H,27,30)(H,28,31)/t18?,19-/m0/s1. The number of hydrogen-bond acceptors (Lipinski definition) is 5. The Bertz CT molecular complexity index is 1030. The van der Waals surface area contributed by atoms with Gasteiger partial charge in [0.05, 0.1) is 18.2 Å². The predicted molar refractivity (Wildman–Crippen MR) is 119 cm³/mol. The van der Waals surface area contributed by atoms with Crippen molar-refractivity contribution < 1.29 is 28.2 Å². The molecule has 8 nitrogen and oxygen atoms in total. The maximum absolute atomic E-state index is 13.2. The molecule has 0 saturated carbocycles. The third kappa shape index (κ3) is 6.44. The van der Waals surface area contributed by atoms with Gasteiger partial charge < -0.3 is 25.8 Å². The van der Waals surface area contributed by atoms with Crippen LogP contribution in [-0.2, 0) is 16.0 Å². The maximum atomic E-state index is 13.2. The van der Waals surface area contributed by atoms with Crippen LogP contribution in [0.4, 0.5) is 9.18 Å². The minimum Gasteiger partial charge on any atom is -0.492 e. The molecule has 2 aromatic carbocycles. The number of carbonyl (C=O) groups is 3. The fraction of sp³-hybridized carbons (Fsp3) is 0.375. The number of nitrogens with two attached hydrogens (primary N) is 1. The lowest BCUT2D eigenvalue weighted by Crippen LogP contribution is -2.46. The highest BCUT2D eigenvalue weighted by atomic mass is 19.1. The second-order valence-corrected chi connectivity index (χ2v) is 8.82. The van der Waals surface area contributed by atoms with Crippen molar-refractivity contribution in [1.29, 1.82) is 0 Å². The quantitative estimate of drug-likeness (QED) is 0.616. The van der Waals surface area contributed by atoms with Gasteiger partial charge in [0.25, 0.3) is 5.91 Å². The number of benzene rings is 2. The molecular weight excluding hydrogens is 429 g/mol. The summed E-state index contributed by atoms with van der Waals surface area (Å²) in [6.45, 7) is 5.60. The van der Waals surface area contributed by atoms with E-state index in [0.29, 0.717) is 23.3 Å². The second kappa shape index (κ2) is 9.89. The van der Waals surface area contributed by atoms with Crippen LogP contribution in [0.25, 0.3) is 0 Å². The number of halogens is 1. The van der Waals surface area contributed by atoms with Crippen molar-refractivity contribution in [2.75, 3.05) is 6.61 Å². The van der Waals surface area contributed by atoms with E-state index in [1.54, 1.807) is 39.0 Å². The van der Waals surface area contributed by atoms with E-state index in [2.05, 4.69) is 10.6 Å². The van der Waals surface area contributed by atoms with E-state index in [4.69, 9.17) is 15.2 Å². The lowest BCUT2D eigenvalue weighted by molar-refractivity contribution is -0.119. The molecule has 0 aromatic heterocycles. The molecule has 0 aliphatic carbocycles. The monoisotopic (exact) mass is 457 g/mol. The molecule has 2 aromatic rings. The average Bonchev–Trinajstić information content (AvgIpc) is 2.73. The summed E-state index contributed by atoms with van der Waals surface area (Å²) < 4.78 is 24.2. The Morgan fingerprint density at radius 1 is 1.18 bits per heavy atom. The van der Waals surface area contributed by atoms with Gasteiger partial charge in [-0.1, -0.05) is 24.3 Å². The van der Waals surface area contributed by atoms with Crippen LogP contribution in [0.2, 0.25) is 0 Å². The van der Waals surface area contributed by atoms with Crippen LogP contribution in [0, 0.1) is 5.82 Å². The molecule has 1 unspecified atom stereocenters. The fourth-order valence-corrected chi connectivity index (χ4v) is 3.52. The van der Waals surface area contributed by atoms with E-state index in [1.165, 1.54) is 24.3 Å². The number of hydrogen-bond donors (Lipinski definition) is 3. The second-order valence-electron chi connectivity index (χ2n) is 8.82. The number of alkyl carbamates (subject to hydrolysis) is 1. The minimum atomic E-state index is -1.00. The molecule has 9 heteroatoms. The van der Waals surface area contributed by atoms with Gasteiger partial charge in [0.1, 0.15) is 23.2 Å². The summed E-state index contributed by atoms with van der Waals surface area (Å²) in [5.74, 6) is -1.34. The van der Waals surface area contributed by atoms with E-state index in [1.807, 2.05) is 0 Å². The summed E-state index contributed by atoms with van der Waals surface area (Å²) >= 11 is 0. The van der Waals surface area contributed by atoms with Gasteiger partial charge >= 0.3 is 6.09 Å². The first kappa shape index (κ1) is 24.0. The molecule has 2 atom stereocenters. The van der Waals surface area contributed by atoms with Gasteiger partial charge in [0.15, 0.2) is 0 Å². The van der Waals surface area contributed by atoms with Crippen LogP contribution in [0.5, 0.6) is 5.75 Å². The first-order valence-corrected chi connectivity index (χ1v) is 10.6. The van der Waals surface area contributed by atoms with E-state index >= 15 is 0 Å². The van der Waals surface area contributed by atoms with Crippen molar-refractivity contribution in [2.24, 2.45) is 5.73 Å². The van der Waals surface area contributed by atoms with E-state index in [9.17, 15) is 18.8 Å². The smallest absolute Gasteiger partial charge is 0.408 e. The Labute approximate surface area is 191 Å². The molecule has 1 aliphatic heterocycles. The Hall–Kier alpha value is -3.62. The van der Waals surface area contributed by atoms with Gasteiger partial charge in [-0.3, -0.25) is 9.59 Å². The van der Waals surface area contributed by atoms with Crippen molar-refractivity contribution >= 4 is 17.9 Å². The van der Waals surface area contributed by atoms with Crippen LogP contribution in [0.1, 0.15) is 54.7 Å². The molecule has 4 N–H and O–H groups in total. The number of ether oxygens (including phenoxy) is 2. The molecule has 1 aliphatic rings. The molecule has 176 valence electrons. The number of primary amides is 1. The first-order valence-electron chi connectivity index (χ1n) is 10.6. The summed E-state index contributed by atoms with van der Waals surface area (Å²) in [6, 6.07) is 9.20. The third-order valence-corrected chi connectivity index (χ3v) is 5.01. The Kier molecular flexibility index (Phi) is 7.20. The summed E-state index contributed by atoms with van der Waals surface area (Å²) in [5, 5.41) is 5.45. The van der Waals surface area contributed by atoms with Gasteiger partial charge in [-0.25, -0.2) is 9.18 Å². The summed E-state index contributed by atoms with van der Waals surface area (Å²) in [7, 11) is 0. The van der Waals surface area contributed by atoms with Crippen molar-refractivity contribution in [3.63, 3.8) is 0 Å². The molecule has 33 heavy (non-hydrogen) atoms. The molecule has 0 radical (unpaired) electrons. The maximum Gasteiger partial charge on any atom is 0.408 e. The molecule has 0 saturated heterocycles. The zero-order chi connectivity index (χ0) is 24.2. The van der Waals surface area contributed by atoms with Crippen molar-refractivity contribution in [3.8, 4) is 5.75 Å². The lowest BCUT2D eigenvalue weighted by atomic mass is 9.97. The Balaban J connectivity index is 1.77. The van der Waals surface area contributed by atoms with Gasteiger partial charge in [0, 0.05) is 18.4 Å². The van der Waals surface area contributed by atoms with Crippen molar-refractivity contribution in [2.45, 2.75) is 51.3 Å². The van der Waals surface area contributed by atoms with Crippen LogP contribution in [0.15, 0.2) is 42.5 Å². The number of nitrogens with one attached hydrogen (secondary N) is 2. The molecule has 3 rings (SSSR count). The summed E-state index contributed by atoms with van der Waals surface area (Å²) in [5.41, 5.74) is 6.34. The molecule has 0 spiro atoms. The number of rotatable bonds is 6. The molecule has 1 heterocycles. The van der Waals surface area contributed by atoms with E-state index in [-0.39, 0.29) is 18.6 Å². The average molecular weight is 458 g/mol. The van der Waals surface area contributed by atoms with Crippen LogP contribution >= 0.6 is 0 Å². The van der Waals surface area contributed by atoms with Gasteiger partial charge in [-0.15, -0.1) is 0 Å². The van der Waals surface area contributed by atoms with Crippen LogP contribution < -0.4 is 21.1 Å². The normalized spacial score (nSPS) is 16.1. The fourth-order valence-electron chi connectivity index (χ4n) is 3.52. The first-order chi connectivity index (χ1) is 15.5. The Morgan fingerprint density at radius 2 is 1.88 bits per heavy atom. The zero-order valence-corrected chi connectivity index (χ0v) is 18.8. The van der Waals surface area contributed by atoms with E-state index in [0.717, 1.165) is 0 Å². The zero-order valence-electron chi connectivity index (χ0n) is 18.8. The Morgan fingerprint density at radius 3 is 2.52 bits per heavy atom. The number of amides is 3. The van der Waals surface area contributed by atoms with E-state index < -0.39 is 41.4 Å². The van der Waals surface area contributed by atoms with Gasteiger partial charge in [-0.05, 0) is 44.5 Å². The summed E-state index contributed by atoms with van der Waals surface area (Å²) in [6.07, 6.45) is 0.0505. The predicted octanol–water partition coefficient (Wildman–Crippen LogP) is 3.00. The van der Waals surface area contributed by atoms with Crippen molar-refractivity contribution in [3.05, 3.63) is 65.0 Å². The molecule has 3 amide bonds.